The molecule has 0 aliphatic carbocycles. The van der Waals surface area contributed by atoms with Crippen LogP contribution in [0.15, 0.2) is 28.8 Å². The highest BCUT2D eigenvalue weighted by molar-refractivity contribution is 6.43. The summed E-state index contributed by atoms with van der Waals surface area (Å²) in [5, 5.41) is 13.0. The predicted octanol–water partition coefficient (Wildman–Crippen LogP) is 3.35. The van der Waals surface area contributed by atoms with Crippen molar-refractivity contribution in [2.45, 2.75) is 0 Å². The average molecular weight is 258 g/mol. The molecule has 1 aromatic heterocycles. The lowest BCUT2D eigenvalue weighted by atomic mass is 10.1. The van der Waals surface area contributed by atoms with Gasteiger partial charge >= 0.3 is 5.97 Å². The van der Waals surface area contributed by atoms with Gasteiger partial charge in [-0.1, -0.05) is 40.5 Å². The van der Waals surface area contributed by atoms with Gasteiger partial charge in [-0.2, -0.15) is 0 Å². The smallest absolute Gasteiger partial charge is 0.374 e. The molecular weight excluding hydrogens is 253 g/mol. The Morgan fingerprint density at radius 3 is 2.75 bits per heavy atom. The van der Waals surface area contributed by atoms with Crippen LogP contribution in [-0.4, -0.2) is 16.2 Å². The molecule has 1 heterocycles. The Kier molecular flexibility index (Phi) is 2.85. The van der Waals surface area contributed by atoms with E-state index in [1.807, 2.05) is 0 Å². The fourth-order valence-electron chi connectivity index (χ4n) is 1.20. The summed E-state index contributed by atoms with van der Waals surface area (Å²) in [4.78, 5) is 10.6. The fraction of sp³-hybridized carbons (Fsp3) is 0. The normalized spacial score (nSPS) is 10.4. The van der Waals surface area contributed by atoms with Gasteiger partial charge in [0.1, 0.15) is 5.69 Å². The molecule has 16 heavy (non-hydrogen) atoms. The number of nitrogens with zero attached hydrogens (tertiary/aromatic N) is 1. The monoisotopic (exact) mass is 257 g/mol. The third-order valence-electron chi connectivity index (χ3n) is 1.95. The van der Waals surface area contributed by atoms with Crippen LogP contribution in [0.2, 0.25) is 10.0 Å². The van der Waals surface area contributed by atoms with E-state index in [1.54, 1.807) is 18.2 Å². The van der Waals surface area contributed by atoms with Crippen LogP contribution in [0.4, 0.5) is 0 Å². The number of carboxylic acid groups (broad SMARTS) is 1. The summed E-state index contributed by atoms with van der Waals surface area (Å²) in [7, 11) is 0. The average Bonchev–Trinajstić information content (AvgIpc) is 2.71. The van der Waals surface area contributed by atoms with E-state index in [0.29, 0.717) is 21.3 Å². The number of aromatic nitrogens is 1. The first-order chi connectivity index (χ1) is 7.59. The summed E-state index contributed by atoms with van der Waals surface area (Å²) in [6.45, 7) is 0. The lowest BCUT2D eigenvalue weighted by molar-refractivity contribution is 0.0652. The molecule has 2 aromatic rings. The molecule has 0 aliphatic rings. The highest BCUT2D eigenvalue weighted by Gasteiger charge is 2.15. The molecule has 2 rings (SSSR count). The van der Waals surface area contributed by atoms with E-state index in [9.17, 15) is 4.79 Å². The summed E-state index contributed by atoms with van der Waals surface area (Å²) in [5.74, 6) is -1.43. The minimum Gasteiger partial charge on any atom is -0.475 e. The molecule has 0 fully saturated rings. The van der Waals surface area contributed by atoms with Gasteiger partial charge in [-0.25, -0.2) is 4.79 Å². The Hall–Kier alpha value is -1.52. The van der Waals surface area contributed by atoms with Crippen LogP contribution in [0.25, 0.3) is 11.3 Å². The van der Waals surface area contributed by atoms with Gasteiger partial charge in [0.15, 0.2) is 0 Å². The zero-order valence-corrected chi connectivity index (χ0v) is 9.29. The third kappa shape index (κ3) is 1.89. The maximum Gasteiger partial charge on any atom is 0.374 e. The van der Waals surface area contributed by atoms with Crippen molar-refractivity contribution in [3.8, 4) is 11.3 Å². The Bertz CT molecular complexity index is 551. The quantitative estimate of drug-likeness (QED) is 0.897. The van der Waals surface area contributed by atoms with Crippen molar-refractivity contribution in [2.24, 2.45) is 0 Å². The second-order valence-corrected chi connectivity index (χ2v) is 3.77. The van der Waals surface area contributed by atoms with E-state index >= 15 is 0 Å². The van der Waals surface area contributed by atoms with E-state index in [4.69, 9.17) is 28.3 Å². The molecule has 0 atom stereocenters. The summed E-state index contributed by atoms with van der Waals surface area (Å²) in [5.41, 5.74) is 0.871. The Morgan fingerprint density at radius 1 is 1.38 bits per heavy atom. The molecule has 0 aliphatic heterocycles. The number of halogens is 2. The summed E-state index contributed by atoms with van der Waals surface area (Å²) in [6, 6.07) is 6.29. The van der Waals surface area contributed by atoms with Crippen LogP contribution in [0.5, 0.6) is 0 Å². The van der Waals surface area contributed by atoms with Crippen molar-refractivity contribution < 1.29 is 14.4 Å². The van der Waals surface area contributed by atoms with E-state index in [1.165, 1.54) is 6.07 Å². The summed E-state index contributed by atoms with van der Waals surface area (Å²) in [6.07, 6.45) is 0. The Balaban J connectivity index is 2.50. The first-order valence-corrected chi connectivity index (χ1v) is 4.99. The SMILES string of the molecule is O=C(O)c1cc(-c2cccc(Cl)c2Cl)no1. The molecule has 0 unspecified atom stereocenters. The van der Waals surface area contributed by atoms with Crippen molar-refractivity contribution >= 4 is 29.2 Å². The molecule has 0 amide bonds. The van der Waals surface area contributed by atoms with E-state index in [0.717, 1.165) is 0 Å². The van der Waals surface area contributed by atoms with Gasteiger partial charge in [0.2, 0.25) is 5.76 Å². The van der Waals surface area contributed by atoms with Crippen LogP contribution >= 0.6 is 23.2 Å². The molecule has 82 valence electrons. The van der Waals surface area contributed by atoms with Crippen LogP contribution in [0.1, 0.15) is 10.6 Å². The molecular formula is C10H5Cl2NO3. The largest absolute Gasteiger partial charge is 0.475 e. The van der Waals surface area contributed by atoms with Gasteiger partial charge in [0.25, 0.3) is 0 Å². The van der Waals surface area contributed by atoms with Gasteiger partial charge in [0, 0.05) is 11.6 Å². The topological polar surface area (TPSA) is 63.3 Å². The van der Waals surface area contributed by atoms with E-state index in [-0.39, 0.29) is 5.76 Å². The van der Waals surface area contributed by atoms with Gasteiger partial charge in [-0.05, 0) is 6.07 Å². The van der Waals surface area contributed by atoms with Crippen molar-refractivity contribution in [1.29, 1.82) is 0 Å². The molecule has 0 bridgehead atoms. The number of hydrogen-bond donors (Lipinski definition) is 1. The summed E-state index contributed by atoms with van der Waals surface area (Å²) < 4.78 is 4.62. The molecule has 0 saturated carbocycles. The van der Waals surface area contributed by atoms with Crippen molar-refractivity contribution in [3.05, 3.63) is 40.1 Å². The fourth-order valence-corrected chi connectivity index (χ4v) is 1.60. The number of aromatic carboxylic acids is 1. The van der Waals surface area contributed by atoms with Crippen molar-refractivity contribution in [1.82, 2.24) is 5.16 Å². The highest BCUT2D eigenvalue weighted by atomic mass is 35.5. The van der Waals surface area contributed by atoms with Crippen molar-refractivity contribution in [3.63, 3.8) is 0 Å². The number of rotatable bonds is 2. The van der Waals surface area contributed by atoms with Crippen molar-refractivity contribution in [2.75, 3.05) is 0 Å². The molecule has 4 nitrogen and oxygen atoms in total. The molecule has 0 spiro atoms. The second kappa shape index (κ2) is 4.15. The zero-order valence-electron chi connectivity index (χ0n) is 7.78. The predicted molar refractivity (Wildman–Crippen MR) is 58.9 cm³/mol. The maximum absolute atomic E-state index is 10.6. The van der Waals surface area contributed by atoms with Gasteiger partial charge in [-0.15, -0.1) is 0 Å². The lowest BCUT2D eigenvalue weighted by Crippen LogP contribution is -1.91. The minimum atomic E-state index is -1.18. The molecule has 1 N–H and O–H groups in total. The van der Waals surface area contributed by atoms with Crippen LogP contribution in [-0.2, 0) is 0 Å². The van der Waals surface area contributed by atoms with Gasteiger partial charge in [0.05, 0.1) is 10.0 Å². The number of carboxylic acids is 1. The molecule has 6 heteroatoms. The summed E-state index contributed by atoms with van der Waals surface area (Å²) >= 11 is 11.8. The Morgan fingerprint density at radius 2 is 2.12 bits per heavy atom. The van der Waals surface area contributed by atoms with Gasteiger partial charge < -0.3 is 9.63 Å². The van der Waals surface area contributed by atoms with Crippen LogP contribution < -0.4 is 0 Å². The lowest BCUT2D eigenvalue weighted by Gasteiger charge is -2.00. The zero-order chi connectivity index (χ0) is 11.7. The number of benzene rings is 1. The van der Waals surface area contributed by atoms with Gasteiger partial charge in [-0.3, -0.25) is 0 Å². The molecule has 0 saturated heterocycles. The van der Waals surface area contributed by atoms with E-state index in [2.05, 4.69) is 9.68 Å². The number of hydrogen-bond acceptors (Lipinski definition) is 3. The second-order valence-electron chi connectivity index (χ2n) is 2.98. The first kappa shape index (κ1) is 11.0. The Labute approximate surface area is 100 Å². The standard InChI is InChI=1S/C10H5Cl2NO3/c11-6-3-1-2-5(9(6)12)7-4-8(10(14)15)16-13-7/h1-4H,(H,14,15). The van der Waals surface area contributed by atoms with Crippen LogP contribution in [0, 0.1) is 0 Å². The third-order valence-corrected chi connectivity index (χ3v) is 2.77. The van der Waals surface area contributed by atoms with Crippen LogP contribution in [0.3, 0.4) is 0 Å². The van der Waals surface area contributed by atoms with E-state index < -0.39 is 5.97 Å². The first-order valence-electron chi connectivity index (χ1n) is 4.24. The maximum atomic E-state index is 10.6. The minimum absolute atomic E-state index is 0.244. The highest BCUT2D eigenvalue weighted by Crippen LogP contribution is 2.32. The molecule has 1 aromatic carbocycles. The number of carbonyl (C=O) groups is 1. The molecule has 0 radical (unpaired) electrons.